The Morgan fingerprint density at radius 1 is 0.733 bits per heavy atom. The van der Waals surface area contributed by atoms with Gasteiger partial charge in [-0.3, -0.25) is 4.79 Å². The third-order valence-electron chi connectivity index (χ3n) is 4.23. The van der Waals surface area contributed by atoms with Gasteiger partial charge in [0.05, 0.1) is 0 Å². The van der Waals surface area contributed by atoms with Gasteiger partial charge < -0.3 is 0 Å². The van der Waals surface area contributed by atoms with Crippen molar-refractivity contribution in [2.45, 2.75) is 70.6 Å². The number of hydrogen-bond acceptors (Lipinski definition) is 1. The number of hydrogen-bond donors (Lipinski definition) is 0. The molecule has 0 atom stereocenters. The SMILES string of the molecule is O=C(CC1CCCCC1)CC1CCCC1. The Balaban J connectivity index is 1.66. The van der Waals surface area contributed by atoms with Crippen molar-refractivity contribution in [2.75, 3.05) is 0 Å². The smallest absolute Gasteiger partial charge is 0.133 e. The summed E-state index contributed by atoms with van der Waals surface area (Å²) in [5.41, 5.74) is 0. The van der Waals surface area contributed by atoms with E-state index in [2.05, 4.69) is 0 Å². The van der Waals surface area contributed by atoms with Crippen molar-refractivity contribution in [1.29, 1.82) is 0 Å². The number of Topliss-reactive ketones (excluding diaryl/α,β-unsaturated/α-hetero) is 1. The Morgan fingerprint density at radius 2 is 1.13 bits per heavy atom. The van der Waals surface area contributed by atoms with Crippen molar-refractivity contribution < 1.29 is 4.79 Å². The molecule has 1 nitrogen and oxygen atoms in total. The van der Waals surface area contributed by atoms with E-state index in [1.807, 2.05) is 0 Å². The molecule has 0 unspecified atom stereocenters. The predicted octanol–water partition coefficient (Wildman–Crippen LogP) is 4.11. The van der Waals surface area contributed by atoms with E-state index in [4.69, 9.17) is 0 Å². The summed E-state index contributed by atoms with van der Waals surface area (Å²) in [7, 11) is 0. The Labute approximate surface area is 93.6 Å². The first-order chi connectivity index (χ1) is 7.34. The summed E-state index contributed by atoms with van der Waals surface area (Å²) in [6.07, 6.45) is 13.9. The molecule has 2 rings (SSSR count). The van der Waals surface area contributed by atoms with Gasteiger partial charge in [-0.1, -0.05) is 57.8 Å². The second-order valence-electron chi connectivity index (χ2n) is 5.60. The Hall–Kier alpha value is -0.330. The zero-order chi connectivity index (χ0) is 10.5. The van der Waals surface area contributed by atoms with Crippen LogP contribution >= 0.6 is 0 Å². The van der Waals surface area contributed by atoms with Crippen molar-refractivity contribution >= 4 is 5.78 Å². The van der Waals surface area contributed by atoms with E-state index in [1.165, 1.54) is 57.8 Å². The average Bonchev–Trinajstić information content (AvgIpc) is 2.71. The highest BCUT2D eigenvalue weighted by Crippen LogP contribution is 2.31. The summed E-state index contributed by atoms with van der Waals surface area (Å²) in [5.74, 6) is 2.06. The number of carbonyl (C=O) groups is 1. The van der Waals surface area contributed by atoms with E-state index in [0.29, 0.717) is 5.78 Å². The topological polar surface area (TPSA) is 17.1 Å². The zero-order valence-electron chi connectivity index (χ0n) is 9.84. The van der Waals surface area contributed by atoms with Gasteiger partial charge >= 0.3 is 0 Å². The van der Waals surface area contributed by atoms with Crippen LogP contribution in [0.5, 0.6) is 0 Å². The van der Waals surface area contributed by atoms with E-state index < -0.39 is 0 Å². The molecular formula is C14H24O. The fraction of sp³-hybridized carbons (Fsp3) is 0.929. The van der Waals surface area contributed by atoms with Gasteiger partial charge in [-0.25, -0.2) is 0 Å². The molecule has 0 aromatic rings. The van der Waals surface area contributed by atoms with Crippen molar-refractivity contribution in [3.8, 4) is 0 Å². The summed E-state index contributed by atoms with van der Waals surface area (Å²) >= 11 is 0. The molecule has 0 heterocycles. The van der Waals surface area contributed by atoms with Gasteiger partial charge in [-0.2, -0.15) is 0 Å². The number of ketones is 1. The van der Waals surface area contributed by atoms with Gasteiger partial charge in [-0.05, 0) is 11.8 Å². The first-order valence-electron chi connectivity index (χ1n) is 6.86. The van der Waals surface area contributed by atoms with E-state index in [9.17, 15) is 4.79 Å². The van der Waals surface area contributed by atoms with Crippen LogP contribution in [0.2, 0.25) is 0 Å². The van der Waals surface area contributed by atoms with Crippen LogP contribution in [-0.2, 0) is 4.79 Å². The highest BCUT2D eigenvalue weighted by Gasteiger charge is 2.21. The molecular weight excluding hydrogens is 184 g/mol. The molecule has 0 aromatic heterocycles. The molecule has 2 fully saturated rings. The second kappa shape index (κ2) is 5.67. The Bertz CT molecular complexity index is 197. The summed E-state index contributed by atoms with van der Waals surface area (Å²) in [5, 5.41) is 0. The molecule has 0 N–H and O–H groups in total. The van der Waals surface area contributed by atoms with Gasteiger partial charge in [0, 0.05) is 12.8 Å². The number of carbonyl (C=O) groups excluding carboxylic acids is 1. The molecule has 0 saturated heterocycles. The normalized spacial score (nSPS) is 24.5. The van der Waals surface area contributed by atoms with E-state index in [0.717, 1.165) is 24.7 Å². The van der Waals surface area contributed by atoms with Crippen molar-refractivity contribution in [1.82, 2.24) is 0 Å². The third kappa shape index (κ3) is 3.62. The lowest BCUT2D eigenvalue weighted by molar-refractivity contribution is -0.121. The predicted molar refractivity (Wildman–Crippen MR) is 62.8 cm³/mol. The van der Waals surface area contributed by atoms with Gasteiger partial charge in [-0.15, -0.1) is 0 Å². The summed E-state index contributed by atoms with van der Waals surface area (Å²) in [6.45, 7) is 0. The molecule has 0 bridgehead atoms. The maximum absolute atomic E-state index is 11.9. The Kier molecular flexibility index (Phi) is 4.22. The molecule has 0 amide bonds. The van der Waals surface area contributed by atoms with Crippen LogP contribution in [0.3, 0.4) is 0 Å². The highest BCUT2D eigenvalue weighted by molar-refractivity contribution is 5.78. The molecule has 15 heavy (non-hydrogen) atoms. The van der Waals surface area contributed by atoms with E-state index in [-0.39, 0.29) is 0 Å². The molecule has 1 heteroatoms. The first-order valence-corrected chi connectivity index (χ1v) is 6.86. The second-order valence-corrected chi connectivity index (χ2v) is 5.60. The van der Waals surface area contributed by atoms with Gasteiger partial charge in [0.1, 0.15) is 5.78 Å². The molecule has 0 spiro atoms. The standard InChI is InChI=1S/C14H24O/c15-14(11-13-8-4-5-9-13)10-12-6-2-1-3-7-12/h12-13H,1-11H2. The molecule has 86 valence electrons. The number of rotatable bonds is 4. The lowest BCUT2D eigenvalue weighted by Gasteiger charge is -2.21. The van der Waals surface area contributed by atoms with Gasteiger partial charge in [0.2, 0.25) is 0 Å². The maximum Gasteiger partial charge on any atom is 0.133 e. The summed E-state index contributed by atoms with van der Waals surface area (Å²) in [6, 6.07) is 0. The average molecular weight is 208 g/mol. The van der Waals surface area contributed by atoms with Gasteiger partial charge in [0.25, 0.3) is 0 Å². The molecule has 2 saturated carbocycles. The molecule has 2 aliphatic rings. The lowest BCUT2D eigenvalue weighted by atomic mass is 9.84. The molecule has 2 aliphatic carbocycles. The zero-order valence-corrected chi connectivity index (χ0v) is 9.84. The van der Waals surface area contributed by atoms with Crippen molar-refractivity contribution in [2.24, 2.45) is 11.8 Å². The monoisotopic (exact) mass is 208 g/mol. The quantitative estimate of drug-likeness (QED) is 0.679. The largest absolute Gasteiger partial charge is 0.300 e. The first kappa shape index (κ1) is 11.2. The Morgan fingerprint density at radius 3 is 1.60 bits per heavy atom. The van der Waals surface area contributed by atoms with Crippen LogP contribution in [0.4, 0.5) is 0 Å². The fourth-order valence-electron chi connectivity index (χ4n) is 3.33. The van der Waals surface area contributed by atoms with Crippen molar-refractivity contribution in [3.05, 3.63) is 0 Å². The minimum atomic E-state index is 0.564. The van der Waals surface area contributed by atoms with Crippen LogP contribution < -0.4 is 0 Å². The summed E-state index contributed by atoms with van der Waals surface area (Å²) in [4.78, 5) is 11.9. The molecule has 0 aromatic carbocycles. The van der Waals surface area contributed by atoms with E-state index in [1.54, 1.807) is 0 Å². The van der Waals surface area contributed by atoms with Crippen LogP contribution in [-0.4, -0.2) is 5.78 Å². The lowest BCUT2D eigenvalue weighted by Crippen LogP contribution is -2.14. The van der Waals surface area contributed by atoms with Crippen LogP contribution in [0.1, 0.15) is 70.6 Å². The molecule has 0 aliphatic heterocycles. The molecule has 0 radical (unpaired) electrons. The maximum atomic E-state index is 11.9. The van der Waals surface area contributed by atoms with Crippen LogP contribution in [0.25, 0.3) is 0 Å². The highest BCUT2D eigenvalue weighted by atomic mass is 16.1. The minimum absolute atomic E-state index is 0.564. The van der Waals surface area contributed by atoms with Crippen molar-refractivity contribution in [3.63, 3.8) is 0 Å². The fourth-order valence-corrected chi connectivity index (χ4v) is 3.33. The summed E-state index contributed by atoms with van der Waals surface area (Å²) < 4.78 is 0. The van der Waals surface area contributed by atoms with Crippen LogP contribution in [0.15, 0.2) is 0 Å². The third-order valence-corrected chi connectivity index (χ3v) is 4.23. The van der Waals surface area contributed by atoms with Crippen LogP contribution in [0, 0.1) is 11.8 Å². The van der Waals surface area contributed by atoms with E-state index >= 15 is 0 Å². The van der Waals surface area contributed by atoms with Gasteiger partial charge in [0.15, 0.2) is 0 Å². The minimum Gasteiger partial charge on any atom is -0.300 e.